The topological polar surface area (TPSA) is 70.4 Å². The first-order valence-electron chi connectivity index (χ1n) is 6.70. The summed E-state index contributed by atoms with van der Waals surface area (Å²) in [5.74, 6) is -1.26. The lowest BCUT2D eigenvalue weighted by atomic mass is 10.0. The first kappa shape index (κ1) is 15.6. The van der Waals surface area contributed by atoms with Crippen molar-refractivity contribution in [2.45, 2.75) is 6.92 Å². The Morgan fingerprint density at radius 2 is 1.87 bits per heavy atom. The molecule has 0 saturated carbocycles. The highest BCUT2D eigenvalue weighted by atomic mass is 35.5. The largest absolute Gasteiger partial charge is 0.506 e. The van der Waals surface area contributed by atoms with Crippen LogP contribution in [0, 0.1) is 6.92 Å². The second kappa shape index (κ2) is 5.72. The van der Waals surface area contributed by atoms with Crippen LogP contribution in [-0.2, 0) is 0 Å². The smallest absolute Gasteiger partial charge is 0.336 e. The minimum atomic E-state index is -1.07. The van der Waals surface area contributed by atoms with Gasteiger partial charge in [-0.3, -0.25) is 0 Å². The highest BCUT2D eigenvalue weighted by Gasteiger charge is 2.17. The van der Waals surface area contributed by atoms with E-state index in [9.17, 15) is 15.0 Å². The Kier molecular flexibility index (Phi) is 3.88. The number of aromatic carboxylic acids is 1. The third-order valence-corrected chi connectivity index (χ3v) is 4.01. The molecule has 1 heterocycles. The molecular formula is C17H11Cl2NO3. The Balaban J connectivity index is 2.36. The minimum Gasteiger partial charge on any atom is -0.506 e. The monoisotopic (exact) mass is 347 g/mol. The highest BCUT2D eigenvalue weighted by molar-refractivity contribution is 6.36. The second-order valence-electron chi connectivity index (χ2n) is 5.16. The van der Waals surface area contributed by atoms with Gasteiger partial charge in [0.25, 0.3) is 0 Å². The molecule has 0 spiro atoms. The molecule has 0 aliphatic carbocycles. The van der Waals surface area contributed by atoms with E-state index < -0.39 is 5.97 Å². The van der Waals surface area contributed by atoms with Crippen LogP contribution in [0.25, 0.3) is 22.2 Å². The highest BCUT2D eigenvalue weighted by Crippen LogP contribution is 2.38. The summed E-state index contributed by atoms with van der Waals surface area (Å²) in [5, 5.41) is 20.6. The average Bonchev–Trinajstić information content (AvgIpc) is 2.49. The van der Waals surface area contributed by atoms with E-state index in [1.165, 1.54) is 18.2 Å². The van der Waals surface area contributed by atoms with Gasteiger partial charge >= 0.3 is 5.97 Å². The number of carbonyl (C=O) groups is 1. The molecule has 1 aromatic heterocycles. The number of carboxylic acids is 1. The Hall–Kier alpha value is -2.30. The van der Waals surface area contributed by atoms with Crippen molar-refractivity contribution in [1.29, 1.82) is 0 Å². The van der Waals surface area contributed by atoms with Crippen molar-refractivity contribution in [2.24, 2.45) is 0 Å². The number of benzene rings is 2. The molecule has 0 fully saturated rings. The van der Waals surface area contributed by atoms with E-state index in [1.807, 2.05) is 13.0 Å². The molecule has 2 aromatic carbocycles. The second-order valence-corrected chi connectivity index (χ2v) is 6.01. The van der Waals surface area contributed by atoms with Gasteiger partial charge in [-0.25, -0.2) is 9.78 Å². The van der Waals surface area contributed by atoms with Crippen molar-refractivity contribution in [3.05, 3.63) is 57.6 Å². The van der Waals surface area contributed by atoms with Gasteiger partial charge in [0.15, 0.2) is 0 Å². The van der Waals surface area contributed by atoms with Crippen LogP contribution >= 0.6 is 23.2 Å². The number of halogens is 2. The van der Waals surface area contributed by atoms with Crippen molar-refractivity contribution >= 4 is 40.1 Å². The van der Waals surface area contributed by atoms with Crippen molar-refractivity contribution in [2.75, 3.05) is 0 Å². The maximum absolute atomic E-state index is 11.6. The van der Waals surface area contributed by atoms with Gasteiger partial charge in [-0.15, -0.1) is 0 Å². The molecule has 0 unspecified atom stereocenters. The molecule has 3 aromatic rings. The van der Waals surface area contributed by atoms with Crippen molar-refractivity contribution in [3.63, 3.8) is 0 Å². The first-order valence-corrected chi connectivity index (χ1v) is 7.45. The lowest BCUT2D eigenvalue weighted by Gasteiger charge is -2.10. The van der Waals surface area contributed by atoms with Crippen LogP contribution in [0.5, 0.6) is 5.75 Å². The number of phenols is 1. The zero-order valence-corrected chi connectivity index (χ0v) is 13.5. The number of aryl methyl sites for hydroxylation is 1. The number of hydrogen-bond donors (Lipinski definition) is 2. The molecule has 116 valence electrons. The van der Waals surface area contributed by atoms with Crippen LogP contribution in [0.1, 0.15) is 15.9 Å². The van der Waals surface area contributed by atoms with Crippen LogP contribution in [0.3, 0.4) is 0 Å². The first-order chi connectivity index (χ1) is 10.9. The van der Waals surface area contributed by atoms with E-state index in [4.69, 9.17) is 23.2 Å². The number of pyridine rings is 1. The van der Waals surface area contributed by atoms with Crippen LogP contribution in [0.4, 0.5) is 0 Å². The summed E-state index contributed by atoms with van der Waals surface area (Å²) in [4.78, 5) is 16.0. The number of fused-ring (bicyclic) bond motifs is 1. The number of aromatic hydroxyl groups is 1. The van der Waals surface area contributed by atoms with Gasteiger partial charge in [-0.1, -0.05) is 34.8 Å². The summed E-state index contributed by atoms with van der Waals surface area (Å²) in [5.41, 5.74) is 2.13. The van der Waals surface area contributed by atoms with Crippen molar-refractivity contribution in [1.82, 2.24) is 4.98 Å². The van der Waals surface area contributed by atoms with E-state index in [0.29, 0.717) is 21.6 Å². The third kappa shape index (κ3) is 2.83. The van der Waals surface area contributed by atoms with Crippen molar-refractivity contribution < 1.29 is 15.0 Å². The summed E-state index contributed by atoms with van der Waals surface area (Å²) in [7, 11) is 0. The maximum atomic E-state index is 11.6. The number of hydrogen-bond acceptors (Lipinski definition) is 3. The van der Waals surface area contributed by atoms with Crippen LogP contribution in [-0.4, -0.2) is 21.2 Å². The summed E-state index contributed by atoms with van der Waals surface area (Å²) in [6, 6.07) is 9.66. The fourth-order valence-corrected chi connectivity index (χ4v) is 2.91. The lowest BCUT2D eigenvalue weighted by Crippen LogP contribution is -2.00. The predicted molar refractivity (Wildman–Crippen MR) is 90.6 cm³/mol. The molecule has 4 nitrogen and oxygen atoms in total. The van der Waals surface area contributed by atoms with Gasteiger partial charge < -0.3 is 10.2 Å². The maximum Gasteiger partial charge on any atom is 0.336 e. The van der Waals surface area contributed by atoms with Gasteiger partial charge in [-0.05, 0) is 37.3 Å². The molecule has 0 aliphatic heterocycles. The van der Waals surface area contributed by atoms with Crippen LogP contribution in [0.15, 0.2) is 36.4 Å². The zero-order chi connectivity index (χ0) is 16.7. The van der Waals surface area contributed by atoms with Gasteiger partial charge in [0.05, 0.1) is 21.8 Å². The predicted octanol–water partition coefficient (Wildman–Crippen LogP) is 4.92. The van der Waals surface area contributed by atoms with Crippen LogP contribution in [0.2, 0.25) is 10.0 Å². The number of aromatic nitrogens is 1. The van der Waals surface area contributed by atoms with Gasteiger partial charge in [0.1, 0.15) is 5.75 Å². The van der Waals surface area contributed by atoms with Crippen molar-refractivity contribution in [3.8, 4) is 17.0 Å². The van der Waals surface area contributed by atoms with E-state index in [-0.39, 0.29) is 21.9 Å². The molecule has 0 bridgehead atoms. The molecule has 0 atom stereocenters. The average molecular weight is 348 g/mol. The molecule has 23 heavy (non-hydrogen) atoms. The standard InChI is InChI=1S/C17H11Cl2NO3/c1-8-2-3-14-10(4-8)11(17(22)23)7-15(20-14)12-5-9(18)6-13(19)16(12)21/h2-7,21H,1H3,(H,22,23). The molecule has 0 saturated heterocycles. The summed E-state index contributed by atoms with van der Waals surface area (Å²) in [6.45, 7) is 1.88. The van der Waals surface area contributed by atoms with E-state index >= 15 is 0 Å². The van der Waals surface area contributed by atoms with Gasteiger partial charge in [0.2, 0.25) is 0 Å². The lowest BCUT2D eigenvalue weighted by molar-refractivity contribution is 0.0699. The zero-order valence-electron chi connectivity index (χ0n) is 12.0. The Morgan fingerprint density at radius 3 is 2.57 bits per heavy atom. The van der Waals surface area contributed by atoms with E-state index in [0.717, 1.165) is 5.56 Å². The summed E-state index contributed by atoms with van der Waals surface area (Å²) in [6.07, 6.45) is 0. The van der Waals surface area contributed by atoms with Gasteiger partial charge in [0, 0.05) is 16.0 Å². The Bertz CT molecular complexity index is 954. The molecule has 0 amide bonds. The SMILES string of the molecule is Cc1ccc2nc(-c3cc(Cl)cc(Cl)c3O)cc(C(=O)O)c2c1. The molecule has 6 heteroatoms. The molecule has 0 radical (unpaired) electrons. The number of carboxylic acid groups (broad SMARTS) is 1. The summed E-state index contributed by atoms with van der Waals surface area (Å²) >= 11 is 11.9. The minimum absolute atomic E-state index is 0.0789. The van der Waals surface area contributed by atoms with E-state index in [2.05, 4.69) is 4.98 Å². The number of phenolic OH excluding ortho intramolecular Hbond substituents is 1. The molecule has 2 N–H and O–H groups in total. The fourth-order valence-electron chi connectivity index (χ4n) is 2.42. The molecule has 3 rings (SSSR count). The van der Waals surface area contributed by atoms with Crippen LogP contribution < -0.4 is 0 Å². The Labute approximate surface area is 141 Å². The third-order valence-electron chi connectivity index (χ3n) is 3.50. The summed E-state index contributed by atoms with van der Waals surface area (Å²) < 4.78 is 0. The number of rotatable bonds is 2. The number of nitrogens with zero attached hydrogens (tertiary/aromatic N) is 1. The molecular weight excluding hydrogens is 337 g/mol. The molecule has 0 aliphatic rings. The Morgan fingerprint density at radius 1 is 1.13 bits per heavy atom. The fraction of sp³-hybridized carbons (Fsp3) is 0.0588. The quantitative estimate of drug-likeness (QED) is 0.690. The van der Waals surface area contributed by atoms with E-state index in [1.54, 1.807) is 12.1 Å². The normalized spacial score (nSPS) is 10.9. The van der Waals surface area contributed by atoms with Gasteiger partial charge in [-0.2, -0.15) is 0 Å².